The summed E-state index contributed by atoms with van der Waals surface area (Å²) < 4.78 is 0.981. The lowest BCUT2D eigenvalue weighted by molar-refractivity contribution is -0.110. The first kappa shape index (κ1) is 22.2. The molecule has 0 amide bonds. The van der Waals surface area contributed by atoms with Gasteiger partial charge in [-0.1, -0.05) is 57.9 Å². The predicted octanol–water partition coefficient (Wildman–Crippen LogP) is 6.92. The molecular weight excluding hydrogens is 520 g/mol. The summed E-state index contributed by atoms with van der Waals surface area (Å²) >= 11 is 11.1. The lowest BCUT2D eigenvalue weighted by Crippen LogP contribution is -2.56. The number of thioether (sulfide) groups is 1. The quantitative estimate of drug-likeness (QED) is 0.361. The van der Waals surface area contributed by atoms with Gasteiger partial charge in [-0.2, -0.15) is 10.2 Å². The highest BCUT2D eigenvalue weighted by atomic mass is 79.9. The van der Waals surface area contributed by atoms with Crippen LogP contribution in [-0.2, 0) is 4.79 Å². The number of ketones is 1. The molecule has 0 fully saturated rings. The van der Waals surface area contributed by atoms with E-state index in [-0.39, 0.29) is 5.78 Å². The van der Waals surface area contributed by atoms with Gasteiger partial charge in [-0.3, -0.25) is 4.79 Å². The molecule has 0 unspecified atom stereocenters. The van der Waals surface area contributed by atoms with Crippen LogP contribution in [0.4, 0.5) is 11.4 Å². The third-order valence-electron chi connectivity index (χ3n) is 5.57. The number of rotatable bonds is 4. The van der Waals surface area contributed by atoms with Crippen molar-refractivity contribution in [1.29, 1.82) is 0 Å². The molecule has 0 aliphatic carbocycles. The first-order valence-electron chi connectivity index (χ1n) is 10.5. The topological polar surface area (TPSA) is 48.3 Å². The second-order valence-electron chi connectivity index (χ2n) is 7.80. The summed E-state index contributed by atoms with van der Waals surface area (Å²) in [4.78, 5) is 11.7. The van der Waals surface area contributed by atoms with Crippen LogP contribution in [0.5, 0.6) is 0 Å². The van der Waals surface area contributed by atoms with Crippen LogP contribution in [0, 0.1) is 0 Å². The van der Waals surface area contributed by atoms with Crippen LogP contribution in [0.2, 0.25) is 5.02 Å². The van der Waals surface area contributed by atoms with Crippen molar-refractivity contribution in [3.63, 3.8) is 0 Å². The van der Waals surface area contributed by atoms with E-state index in [4.69, 9.17) is 21.8 Å². The Balaban J connectivity index is 1.66. The first-order chi connectivity index (χ1) is 16.0. The van der Waals surface area contributed by atoms with E-state index in [2.05, 4.69) is 15.9 Å². The molecule has 0 bridgehead atoms. The summed E-state index contributed by atoms with van der Waals surface area (Å²) in [5.74, 6) is -0.0560. The minimum atomic E-state index is -0.702. The normalized spacial score (nSPS) is 20.1. The average molecular weight is 540 g/mol. The molecule has 5 rings (SSSR count). The fourth-order valence-corrected chi connectivity index (χ4v) is 5.61. The minimum Gasteiger partial charge on any atom is -0.292 e. The maximum Gasteiger partial charge on any atom is 0.208 e. The van der Waals surface area contributed by atoms with E-state index in [0.717, 1.165) is 33.5 Å². The van der Waals surface area contributed by atoms with Crippen LogP contribution < -0.4 is 10.0 Å². The molecule has 0 saturated carbocycles. The van der Waals surface area contributed by atoms with Gasteiger partial charge in [0.15, 0.2) is 10.8 Å². The fourth-order valence-electron chi connectivity index (χ4n) is 3.97. The van der Waals surface area contributed by atoms with Gasteiger partial charge >= 0.3 is 0 Å². The Bertz CT molecular complexity index is 1250. The number of carbonyl (C=O) groups excluding carboxylic acids is 1. The molecule has 5 nitrogen and oxygen atoms in total. The van der Waals surface area contributed by atoms with Gasteiger partial charge in [-0.15, -0.1) is 0 Å². The maximum absolute atomic E-state index is 12.4. The Morgan fingerprint density at radius 3 is 2.24 bits per heavy atom. The number of carbonyl (C=O) groups is 1. The highest BCUT2D eigenvalue weighted by Gasteiger charge is 2.52. The van der Waals surface area contributed by atoms with E-state index in [1.54, 1.807) is 6.92 Å². The van der Waals surface area contributed by atoms with Gasteiger partial charge in [0.2, 0.25) is 4.99 Å². The summed E-state index contributed by atoms with van der Waals surface area (Å²) in [5, 5.41) is 15.0. The second kappa shape index (κ2) is 8.97. The number of hydrogen-bond acceptors (Lipinski definition) is 6. The summed E-state index contributed by atoms with van der Waals surface area (Å²) in [7, 11) is 0. The number of hydrogen-bond donors (Lipinski definition) is 0. The average Bonchev–Trinajstić information content (AvgIpc) is 3.21. The van der Waals surface area contributed by atoms with Gasteiger partial charge < -0.3 is 0 Å². The number of Topliss-reactive ketones (excluding diaryl/α,β-unsaturated/α-hetero) is 1. The van der Waals surface area contributed by atoms with Crippen molar-refractivity contribution in [2.45, 2.75) is 24.8 Å². The smallest absolute Gasteiger partial charge is 0.208 e. The van der Waals surface area contributed by atoms with Gasteiger partial charge in [0, 0.05) is 22.8 Å². The molecular formula is C25H20BrClN4OS. The van der Waals surface area contributed by atoms with Crippen molar-refractivity contribution >= 4 is 67.2 Å². The van der Waals surface area contributed by atoms with Gasteiger partial charge in [0.1, 0.15) is 0 Å². The van der Waals surface area contributed by atoms with E-state index >= 15 is 0 Å². The minimum absolute atomic E-state index is 0.0560. The van der Waals surface area contributed by atoms with Gasteiger partial charge in [-0.05, 0) is 72.3 Å². The molecule has 8 heteroatoms. The molecule has 0 radical (unpaired) electrons. The molecule has 2 heterocycles. The number of nitrogens with zero attached hydrogens (tertiary/aromatic N) is 4. The van der Waals surface area contributed by atoms with Gasteiger partial charge in [0.25, 0.3) is 0 Å². The molecule has 2 aliphatic rings. The maximum atomic E-state index is 12.4. The Labute approximate surface area is 210 Å². The zero-order chi connectivity index (χ0) is 23.0. The van der Waals surface area contributed by atoms with Crippen molar-refractivity contribution < 1.29 is 4.79 Å². The molecule has 3 aromatic carbocycles. The van der Waals surface area contributed by atoms with Gasteiger partial charge in [-0.25, -0.2) is 10.0 Å². The van der Waals surface area contributed by atoms with Crippen molar-refractivity contribution in [2.24, 2.45) is 10.2 Å². The highest BCUT2D eigenvalue weighted by molar-refractivity contribution is 9.10. The molecule has 3 aromatic rings. The summed E-state index contributed by atoms with van der Waals surface area (Å²) in [6.45, 7) is 1.56. The van der Waals surface area contributed by atoms with E-state index in [1.807, 2.05) is 88.9 Å². The number of para-hydroxylation sites is 1. The predicted molar refractivity (Wildman–Crippen MR) is 141 cm³/mol. The van der Waals surface area contributed by atoms with Crippen LogP contribution in [0.1, 0.15) is 25.3 Å². The van der Waals surface area contributed by atoms with Crippen molar-refractivity contribution in [1.82, 2.24) is 0 Å². The lowest BCUT2D eigenvalue weighted by Gasteiger charge is -2.46. The molecule has 2 aliphatic heterocycles. The molecule has 166 valence electrons. The molecule has 1 spiro atoms. The van der Waals surface area contributed by atoms with Crippen molar-refractivity contribution in [2.75, 3.05) is 10.0 Å². The second-order valence-corrected chi connectivity index (χ2v) is 10.4. The van der Waals surface area contributed by atoms with E-state index < -0.39 is 4.99 Å². The Morgan fingerprint density at radius 2 is 1.58 bits per heavy atom. The number of benzene rings is 3. The van der Waals surface area contributed by atoms with Gasteiger partial charge in [0.05, 0.1) is 17.1 Å². The largest absolute Gasteiger partial charge is 0.292 e. The zero-order valence-corrected chi connectivity index (χ0v) is 20.9. The van der Waals surface area contributed by atoms with Crippen LogP contribution in [-0.4, -0.2) is 21.5 Å². The van der Waals surface area contributed by atoms with Crippen LogP contribution in [0.25, 0.3) is 0 Å². The van der Waals surface area contributed by atoms with E-state index in [1.165, 1.54) is 11.8 Å². The summed E-state index contributed by atoms with van der Waals surface area (Å²) in [6, 6.07) is 25.7. The molecule has 0 aromatic heterocycles. The Hall–Kier alpha value is -2.61. The third kappa shape index (κ3) is 4.21. The van der Waals surface area contributed by atoms with Crippen LogP contribution in [0.15, 0.2) is 93.5 Å². The third-order valence-corrected chi connectivity index (χ3v) is 7.79. The van der Waals surface area contributed by atoms with Crippen LogP contribution in [0.3, 0.4) is 0 Å². The Morgan fingerprint density at radius 1 is 0.939 bits per heavy atom. The summed E-state index contributed by atoms with van der Waals surface area (Å²) in [6.07, 6.45) is 1.44. The monoisotopic (exact) mass is 538 g/mol. The number of anilines is 2. The first-order valence-corrected chi connectivity index (χ1v) is 12.5. The molecule has 33 heavy (non-hydrogen) atoms. The Kier molecular flexibility index (Phi) is 6.03. The zero-order valence-electron chi connectivity index (χ0n) is 17.8. The highest BCUT2D eigenvalue weighted by Crippen LogP contribution is 2.50. The fraction of sp³-hybridized carbons (Fsp3) is 0.160. The molecule has 0 N–H and O–H groups in total. The lowest BCUT2D eigenvalue weighted by atomic mass is 10.0. The molecule has 0 saturated heterocycles. The number of hydrazone groups is 2. The summed E-state index contributed by atoms with van der Waals surface area (Å²) in [5.41, 5.74) is 3.82. The van der Waals surface area contributed by atoms with E-state index in [9.17, 15) is 4.79 Å². The van der Waals surface area contributed by atoms with Crippen molar-refractivity contribution in [3.05, 3.63) is 93.9 Å². The van der Waals surface area contributed by atoms with Crippen molar-refractivity contribution in [3.8, 4) is 0 Å². The van der Waals surface area contributed by atoms with Crippen LogP contribution >= 0.6 is 39.3 Å². The number of halogens is 2. The standard InChI is InChI=1S/C25H20BrClN4OS/c1-17(32)24-29-31(22-13-9-19(26)10-14-22)25(33-24)16-15-23(18-7-11-20(27)12-8-18)28-30(25)21-5-3-2-4-6-21/h2-14H,15-16H2,1H3/t25-/m0/s1. The SMILES string of the molecule is CC(=O)C1=NN(c2ccc(Br)cc2)[C@@]2(CCC(c3ccc(Cl)cc3)=NN2c2ccccc2)S1. The molecule has 1 atom stereocenters. The van der Waals surface area contributed by atoms with E-state index in [0.29, 0.717) is 16.5 Å².